The van der Waals surface area contributed by atoms with Gasteiger partial charge in [-0.2, -0.15) is 0 Å². The van der Waals surface area contributed by atoms with Gasteiger partial charge in [0, 0.05) is 6.42 Å². The molecular formula is C11H20O3. The van der Waals surface area contributed by atoms with Gasteiger partial charge in [0.15, 0.2) is 0 Å². The van der Waals surface area contributed by atoms with Gasteiger partial charge in [0.2, 0.25) is 0 Å². The van der Waals surface area contributed by atoms with Crippen molar-refractivity contribution >= 4 is 5.97 Å². The molecule has 0 aromatic heterocycles. The van der Waals surface area contributed by atoms with Crippen LogP contribution >= 0.6 is 0 Å². The van der Waals surface area contributed by atoms with Crippen molar-refractivity contribution < 1.29 is 14.6 Å². The number of aliphatic hydroxyl groups is 1. The van der Waals surface area contributed by atoms with Crippen LogP contribution in [0.5, 0.6) is 0 Å². The minimum Gasteiger partial charge on any atom is -0.469 e. The van der Waals surface area contributed by atoms with Crippen LogP contribution in [-0.4, -0.2) is 24.8 Å². The molecule has 0 spiro atoms. The molecule has 0 saturated heterocycles. The summed E-state index contributed by atoms with van der Waals surface area (Å²) in [5.74, 6) is -0.120. The van der Waals surface area contributed by atoms with E-state index in [1.165, 1.54) is 7.11 Å². The quantitative estimate of drug-likeness (QED) is 0.370. The zero-order valence-corrected chi connectivity index (χ0v) is 8.87. The average molecular weight is 200 g/mol. The van der Waals surface area contributed by atoms with E-state index in [1.54, 1.807) is 6.08 Å². The minimum atomic E-state index is -0.120. The fraction of sp³-hybridized carbons (Fsp3) is 0.727. The number of carbonyl (C=O) groups excluding carboxylic acids is 1. The molecule has 3 heteroatoms. The van der Waals surface area contributed by atoms with Crippen LogP contribution in [0.2, 0.25) is 0 Å². The maximum absolute atomic E-state index is 10.7. The Kier molecular flexibility index (Phi) is 9.64. The van der Waals surface area contributed by atoms with Crippen molar-refractivity contribution in [1.29, 1.82) is 0 Å². The zero-order valence-electron chi connectivity index (χ0n) is 8.87. The summed E-state index contributed by atoms with van der Waals surface area (Å²) >= 11 is 0. The molecule has 0 saturated carbocycles. The summed E-state index contributed by atoms with van der Waals surface area (Å²) in [6.45, 7) is 0.127. The fourth-order valence-electron chi connectivity index (χ4n) is 1.18. The lowest BCUT2D eigenvalue weighted by molar-refractivity contribution is -0.140. The van der Waals surface area contributed by atoms with Crippen LogP contribution in [0.3, 0.4) is 0 Å². The number of ether oxygens (including phenoxy) is 1. The first-order chi connectivity index (χ1) is 6.81. The first kappa shape index (κ1) is 13.2. The normalized spacial score (nSPS) is 10.7. The molecule has 0 bridgehead atoms. The van der Waals surface area contributed by atoms with Gasteiger partial charge in [0.25, 0.3) is 0 Å². The topological polar surface area (TPSA) is 46.5 Å². The standard InChI is InChI=1S/C11H20O3/c1-14-11(13)9-7-5-3-2-4-6-8-10-12/h6,8,12H,2-5,7,9-10H2,1H3/b8-6+. The SMILES string of the molecule is COC(=O)CCCCCC/C=C/CO. The minimum absolute atomic E-state index is 0.120. The fourth-order valence-corrected chi connectivity index (χ4v) is 1.18. The largest absolute Gasteiger partial charge is 0.469 e. The number of rotatable bonds is 8. The maximum atomic E-state index is 10.7. The highest BCUT2D eigenvalue weighted by atomic mass is 16.5. The van der Waals surface area contributed by atoms with Gasteiger partial charge in [-0.05, 0) is 19.3 Å². The third kappa shape index (κ3) is 9.26. The second-order valence-electron chi connectivity index (χ2n) is 3.18. The molecule has 0 fully saturated rings. The van der Waals surface area contributed by atoms with E-state index in [0.29, 0.717) is 6.42 Å². The Labute approximate surface area is 85.8 Å². The monoisotopic (exact) mass is 200 g/mol. The molecule has 1 N–H and O–H groups in total. The van der Waals surface area contributed by atoms with Crippen LogP contribution in [0.1, 0.15) is 38.5 Å². The molecule has 0 aromatic carbocycles. The summed E-state index contributed by atoms with van der Waals surface area (Å²) < 4.78 is 4.53. The Hall–Kier alpha value is -0.830. The van der Waals surface area contributed by atoms with Crippen LogP contribution in [-0.2, 0) is 9.53 Å². The third-order valence-electron chi connectivity index (χ3n) is 2.00. The van der Waals surface area contributed by atoms with E-state index in [-0.39, 0.29) is 12.6 Å². The first-order valence-corrected chi connectivity index (χ1v) is 5.14. The first-order valence-electron chi connectivity index (χ1n) is 5.14. The summed E-state index contributed by atoms with van der Waals surface area (Å²) in [4.78, 5) is 10.7. The van der Waals surface area contributed by atoms with Crippen molar-refractivity contribution in [2.45, 2.75) is 38.5 Å². The lowest BCUT2D eigenvalue weighted by atomic mass is 10.1. The van der Waals surface area contributed by atoms with Crippen molar-refractivity contribution in [2.75, 3.05) is 13.7 Å². The summed E-state index contributed by atoms with van der Waals surface area (Å²) in [5, 5.41) is 8.46. The Balaban J connectivity index is 3.06. The molecule has 0 aliphatic carbocycles. The number of hydrogen-bond acceptors (Lipinski definition) is 3. The van der Waals surface area contributed by atoms with Gasteiger partial charge in [0.05, 0.1) is 13.7 Å². The number of aliphatic hydroxyl groups excluding tert-OH is 1. The number of unbranched alkanes of at least 4 members (excludes halogenated alkanes) is 4. The van der Waals surface area contributed by atoms with E-state index < -0.39 is 0 Å². The molecule has 0 radical (unpaired) electrons. The van der Waals surface area contributed by atoms with Crippen LogP contribution in [0.4, 0.5) is 0 Å². The van der Waals surface area contributed by atoms with Gasteiger partial charge in [-0.1, -0.05) is 25.0 Å². The van der Waals surface area contributed by atoms with Gasteiger partial charge >= 0.3 is 5.97 Å². The van der Waals surface area contributed by atoms with Crippen LogP contribution in [0.25, 0.3) is 0 Å². The molecule has 0 aromatic rings. The van der Waals surface area contributed by atoms with E-state index in [4.69, 9.17) is 5.11 Å². The molecule has 3 nitrogen and oxygen atoms in total. The van der Waals surface area contributed by atoms with Gasteiger partial charge in [-0.3, -0.25) is 4.79 Å². The highest BCUT2D eigenvalue weighted by Crippen LogP contribution is 2.06. The smallest absolute Gasteiger partial charge is 0.305 e. The second kappa shape index (κ2) is 10.3. The molecule has 0 rings (SSSR count). The van der Waals surface area contributed by atoms with Crippen LogP contribution in [0, 0.1) is 0 Å². The lowest BCUT2D eigenvalue weighted by Gasteiger charge is -1.98. The molecular weight excluding hydrogens is 180 g/mol. The van der Waals surface area contributed by atoms with Gasteiger partial charge in [-0.15, -0.1) is 0 Å². The summed E-state index contributed by atoms with van der Waals surface area (Å²) in [6.07, 6.45) is 9.53. The number of methoxy groups -OCH3 is 1. The maximum Gasteiger partial charge on any atom is 0.305 e. The Morgan fingerprint density at radius 1 is 1.21 bits per heavy atom. The molecule has 0 unspecified atom stereocenters. The van der Waals surface area contributed by atoms with E-state index in [0.717, 1.165) is 32.1 Å². The second-order valence-corrected chi connectivity index (χ2v) is 3.18. The van der Waals surface area contributed by atoms with Crippen molar-refractivity contribution in [1.82, 2.24) is 0 Å². The van der Waals surface area contributed by atoms with Gasteiger partial charge in [-0.25, -0.2) is 0 Å². The third-order valence-corrected chi connectivity index (χ3v) is 2.00. The molecule has 0 heterocycles. The Morgan fingerprint density at radius 3 is 2.57 bits per heavy atom. The van der Waals surface area contributed by atoms with E-state index >= 15 is 0 Å². The molecule has 82 valence electrons. The highest BCUT2D eigenvalue weighted by Gasteiger charge is 1.98. The van der Waals surface area contributed by atoms with Gasteiger partial charge < -0.3 is 9.84 Å². The molecule has 0 atom stereocenters. The average Bonchev–Trinajstić information content (AvgIpc) is 2.21. The highest BCUT2D eigenvalue weighted by molar-refractivity contribution is 5.68. The number of esters is 1. The lowest BCUT2D eigenvalue weighted by Crippen LogP contribution is -1.98. The van der Waals surface area contributed by atoms with Gasteiger partial charge in [0.1, 0.15) is 0 Å². The van der Waals surface area contributed by atoms with Crippen molar-refractivity contribution in [3.05, 3.63) is 12.2 Å². The van der Waals surface area contributed by atoms with Crippen molar-refractivity contribution in [2.24, 2.45) is 0 Å². The number of allylic oxidation sites excluding steroid dienone is 1. The Morgan fingerprint density at radius 2 is 1.93 bits per heavy atom. The molecule has 0 aliphatic rings. The van der Waals surface area contributed by atoms with Crippen molar-refractivity contribution in [3.8, 4) is 0 Å². The van der Waals surface area contributed by atoms with E-state index in [9.17, 15) is 4.79 Å². The summed E-state index contributed by atoms with van der Waals surface area (Å²) in [7, 11) is 1.42. The summed E-state index contributed by atoms with van der Waals surface area (Å²) in [5.41, 5.74) is 0. The zero-order chi connectivity index (χ0) is 10.6. The van der Waals surface area contributed by atoms with Crippen LogP contribution in [0.15, 0.2) is 12.2 Å². The van der Waals surface area contributed by atoms with Crippen LogP contribution < -0.4 is 0 Å². The molecule has 14 heavy (non-hydrogen) atoms. The predicted molar refractivity (Wildman–Crippen MR) is 55.9 cm³/mol. The predicted octanol–water partition coefficient (Wildman–Crippen LogP) is 2.05. The van der Waals surface area contributed by atoms with E-state index in [2.05, 4.69) is 4.74 Å². The van der Waals surface area contributed by atoms with E-state index in [1.807, 2.05) is 6.08 Å². The van der Waals surface area contributed by atoms with Crippen molar-refractivity contribution in [3.63, 3.8) is 0 Å². The number of hydrogen-bond donors (Lipinski definition) is 1. The number of carbonyl (C=O) groups is 1. The molecule has 0 amide bonds. The Bertz CT molecular complexity index is 164. The summed E-state index contributed by atoms with van der Waals surface area (Å²) in [6, 6.07) is 0. The molecule has 0 aliphatic heterocycles.